The first kappa shape index (κ1) is 15.5. The summed E-state index contributed by atoms with van der Waals surface area (Å²) in [7, 11) is 1.78. The predicted octanol–water partition coefficient (Wildman–Crippen LogP) is 1.31. The number of nitrogens with one attached hydrogen (secondary N) is 2. The lowest BCUT2D eigenvalue weighted by Crippen LogP contribution is -2.39. The molecule has 0 amide bonds. The zero-order chi connectivity index (χ0) is 14.9. The third-order valence-corrected chi connectivity index (χ3v) is 4.23. The zero-order valence-corrected chi connectivity index (χ0v) is 13.4. The quantitative estimate of drug-likeness (QED) is 0.598. The Morgan fingerprint density at radius 3 is 2.90 bits per heavy atom. The highest BCUT2D eigenvalue weighted by Crippen LogP contribution is 2.13. The summed E-state index contributed by atoms with van der Waals surface area (Å²) in [6, 6.07) is 0. The van der Waals surface area contributed by atoms with Crippen molar-refractivity contribution in [3.8, 4) is 0 Å². The van der Waals surface area contributed by atoms with Gasteiger partial charge in [-0.1, -0.05) is 6.92 Å². The van der Waals surface area contributed by atoms with Crippen molar-refractivity contribution in [2.24, 2.45) is 4.99 Å². The molecule has 6 nitrogen and oxygen atoms in total. The standard InChI is InChI=1S/C14H22N6S/c1-3-12-10-19-13(21-12)4-5-17-14(15-2)18-7-9-20-8-6-16-11-20/h6,8,10-11H,3-5,7,9H2,1-2H3,(H2,15,17,18). The number of hydrogen-bond donors (Lipinski definition) is 2. The molecule has 0 atom stereocenters. The van der Waals surface area contributed by atoms with Crippen molar-refractivity contribution in [2.45, 2.75) is 26.3 Å². The highest BCUT2D eigenvalue weighted by molar-refractivity contribution is 7.11. The van der Waals surface area contributed by atoms with Crippen molar-refractivity contribution in [1.82, 2.24) is 25.2 Å². The summed E-state index contributed by atoms with van der Waals surface area (Å²) in [6.07, 6.45) is 9.50. The summed E-state index contributed by atoms with van der Waals surface area (Å²) in [5, 5.41) is 7.76. The second-order valence-electron chi connectivity index (χ2n) is 4.55. The summed E-state index contributed by atoms with van der Waals surface area (Å²) in [4.78, 5) is 14.0. The number of imidazole rings is 1. The van der Waals surface area contributed by atoms with Crippen LogP contribution in [-0.2, 0) is 19.4 Å². The van der Waals surface area contributed by atoms with Crippen molar-refractivity contribution in [2.75, 3.05) is 20.1 Å². The lowest BCUT2D eigenvalue weighted by Gasteiger charge is -2.11. The van der Waals surface area contributed by atoms with Crippen LogP contribution in [0.3, 0.4) is 0 Å². The van der Waals surface area contributed by atoms with E-state index < -0.39 is 0 Å². The van der Waals surface area contributed by atoms with E-state index in [1.165, 1.54) is 9.88 Å². The van der Waals surface area contributed by atoms with Crippen LogP contribution in [0.4, 0.5) is 0 Å². The van der Waals surface area contributed by atoms with E-state index in [4.69, 9.17) is 0 Å². The van der Waals surface area contributed by atoms with Crippen LogP contribution in [0.1, 0.15) is 16.8 Å². The molecule has 0 unspecified atom stereocenters. The van der Waals surface area contributed by atoms with Gasteiger partial charge < -0.3 is 15.2 Å². The molecule has 21 heavy (non-hydrogen) atoms. The van der Waals surface area contributed by atoms with E-state index in [1.54, 1.807) is 24.6 Å². The van der Waals surface area contributed by atoms with Gasteiger partial charge in [-0.05, 0) is 6.42 Å². The lowest BCUT2D eigenvalue weighted by atomic mass is 10.4. The lowest BCUT2D eigenvalue weighted by molar-refractivity contribution is 0.661. The summed E-state index contributed by atoms with van der Waals surface area (Å²) in [5.41, 5.74) is 0. The van der Waals surface area contributed by atoms with E-state index >= 15 is 0 Å². The van der Waals surface area contributed by atoms with E-state index in [0.717, 1.165) is 38.4 Å². The molecule has 0 aromatic carbocycles. The number of aryl methyl sites for hydroxylation is 1. The van der Waals surface area contributed by atoms with Gasteiger partial charge in [0, 0.05) is 56.6 Å². The molecular weight excluding hydrogens is 284 g/mol. The van der Waals surface area contributed by atoms with Crippen molar-refractivity contribution in [1.29, 1.82) is 0 Å². The molecule has 7 heteroatoms. The predicted molar refractivity (Wildman–Crippen MR) is 86.8 cm³/mol. The van der Waals surface area contributed by atoms with Gasteiger partial charge in [-0.3, -0.25) is 4.99 Å². The molecule has 0 fully saturated rings. The van der Waals surface area contributed by atoms with Gasteiger partial charge in [0.05, 0.1) is 11.3 Å². The Labute approximate surface area is 129 Å². The van der Waals surface area contributed by atoms with Gasteiger partial charge in [0.2, 0.25) is 0 Å². The number of aromatic nitrogens is 3. The zero-order valence-electron chi connectivity index (χ0n) is 12.5. The number of guanidine groups is 1. The summed E-state index contributed by atoms with van der Waals surface area (Å²) < 4.78 is 2.03. The third kappa shape index (κ3) is 5.18. The molecule has 0 radical (unpaired) electrons. The summed E-state index contributed by atoms with van der Waals surface area (Å²) in [5.74, 6) is 0.822. The molecule has 2 aromatic rings. The van der Waals surface area contributed by atoms with Gasteiger partial charge in [-0.25, -0.2) is 9.97 Å². The van der Waals surface area contributed by atoms with E-state index in [0.29, 0.717) is 0 Å². The van der Waals surface area contributed by atoms with Crippen LogP contribution in [0.2, 0.25) is 0 Å². The molecule has 0 saturated carbocycles. The Hall–Kier alpha value is -1.89. The van der Waals surface area contributed by atoms with Gasteiger partial charge in [-0.15, -0.1) is 11.3 Å². The van der Waals surface area contributed by atoms with Crippen LogP contribution in [0, 0.1) is 0 Å². The summed E-state index contributed by atoms with van der Waals surface area (Å²) in [6.45, 7) is 4.67. The first-order valence-corrected chi connectivity index (χ1v) is 7.97. The number of thiazole rings is 1. The molecule has 0 saturated heterocycles. The van der Waals surface area contributed by atoms with Crippen LogP contribution in [-0.4, -0.2) is 40.6 Å². The molecule has 2 N–H and O–H groups in total. The highest BCUT2D eigenvalue weighted by atomic mass is 32.1. The van der Waals surface area contributed by atoms with E-state index in [-0.39, 0.29) is 0 Å². The maximum Gasteiger partial charge on any atom is 0.191 e. The van der Waals surface area contributed by atoms with Gasteiger partial charge in [-0.2, -0.15) is 0 Å². The minimum atomic E-state index is 0.813. The minimum Gasteiger partial charge on any atom is -0.356 e. The Bertz CT molecular complexity index is 546. The average molecular weight is 306 g/mol. The monoisotopic (exact) mass is 306 g/mol. The Morgan fingerprint density at radius 1 is 1.38 bits per heavy atom. The molecule has 0 aliphatic heterocycles. The fourth-order valence-electron chi connectivity index (χ4n) is 1.86. The maximum atomic E-state index is 4.41. The molecule has 2 heterocycles. The van der Waals surface area contributed by atoms with Crippen molar-refractivity contribution >= 4 is 17.3 Å². The molecule has 0 aliphatic rings. The number of rotatable bonds is 7. The smallest absolute Gasteiger partial charge is 0.191 e. The number of hydrogen-bond acceptors (Lipinski definition) is 4. The van der Waals surface area contributed by atoms with Gasteiger partial charge in [0.1, 0.15) is 0 Å². The van der Waals surface area contributed by atoms with E-state index in [2.05, 4.69) is 32.5 Å². The van der Waals surface area contributed by atoms with Crippen molar-refractivity contribution in [3.05, 3.63) is 34.8 Å². The molecular formula is C14H22N6S. The Balaban J connectivity index is 1.65. The normalized spacial score (nSPS) is 11.6. The molecule has 2 aromatic heterocycles. The second kappa shape index (κ2) is 8.41. The molecule has 114 valence electrons. The van der Waals surface area contributed by atoms with Gasteiger partial charge >= 0.3 is 0 Å². The maximum absolute atomic E-state index is 4.41. The van der Waals surface area contributed by atoms with Crippen LogP contribution >= 0.6 is 11.3 Å². The molecule has 0 bridgehead atoms. The second-order valence-corrected chi connectivity index (χ2v) is 5.75. The third-order valence-electron chi connectivity index (χ3n) is 3.03. The van der Waals surface area contributed by atoms with Crippen LogP contribution < -0.4 is 10.6 Å². The van der Waals surface area contributed by atoms with Gasteiger partial charge in [0.25, 0.3) is 0 Å². The van der Waals surface area contributed by atoms with Crippen molar-refractivity contribution < 1.29 is 0 Å². The molecule has 2 rings (SSSR count). The first-order chi connectivity index (χ1) is 10.3. The van der Waals surface area contributed by atoms with Gasteiger partial charge in [0.15, 0.2) is 5.96 Å². The van der Waals surface area contributed by atoms with Crippen molar-refractivity contribution in [3.63, 3.8) is 0 Å². The molecule has 0 spiro atoms. The van der Waals surface area contributed by atoms with Crippen LogP contribution in [0.15, 0.2) is 29.9 Å². The first-order valence-electron chi connectivity index (χ1n) is 7.15. The summed E-state index contributed by atoms with van der Waals surface area (Å²) >= 11 is 1.79. The topological polar surface area (TPSA) is 67.1 Å². The largest absolute Gasteiger partial charge is 0.356 e. The average Bonchev–Trinajstić information content (AvgIpc) is 3.17. The number of aliphatic imine (C=N–C) groups is 1. The highest BCUT2D eigenvalue weighted by Gasteiger charge is 2.01. The fourth-order valence-corrected chi connectivity index (χ4v) is 2.72. The number of nitrogens with zero attached hydrogens (tertiary/aromatic N) is 4. The van der Waals surface area contributed by atoms with Crippen LogP contribution in [0.25, 0.3) is 0 Å². The van der Waals surface area contributed by atoms with E-state index in [9.17, 15) is 0 Å². The Kier molecular flexibility index (Phi) is 6.21. The van der Waals surface area contributed by atoms with Crippen LogP contribution in [0.5, 0.6) is 0 Å². The molecule has 0 aliphatic carbocycles. The SMILES string of the molecule is CCc1cnc(CCNC(=NC)NCCn2ccnc2)s1. The Morgan fingerprint density at radius 2 is 2.24 bits per heavy atom. The minimum absolute atomic E-state index is 0.813. The fraction of sp³-hybridized carbons (Fsp3) is 0.500. The van der Waals surface area contributed by atoms with E-state index in [1.807, 2.05) is 23.3 Å².